The number of anilines is 1. The summed E-state index contributed by atoms with van der Waals surface area (Å²) in [5.74, 6) is -0.0208. The summed E-state index contributed by atoms with van der Waals surface area (Å²) < 4.78 is 0. The maximum atomic E-state index is 12.7. The minimum absolute atomic E-state index is 0.0208. The number of aromatic nitrogens is 1. The molecule has 106 valence electrons. The Labute approximate surface area is 124 Å². The largest absolute Gasteiger partial charge is 0.350 e. The number of H-pyrrole nitrogens is 1. The molecule has 0 saturated carbocycles. The zero-order chi connectivity index (χ0) is 15.0. The number of fused-ring (bicyclic) bond motifs is 1. The van der Waals surface area contributed by atoms with E-state index >= 15 is 0 Å². The van der Waals surface area contributed by atoms with Crippen LogP contribution in [0.15, 0.2) is 48.5 Å². The lowest BCUT2D eigenvalue weighted by molar-refractivity contribution is 0.0988. The molecule has 0 radical (unpaired) electrons. The third kappa shape index (κ3) is 2.31. The van der Waals surface area contributed by atoms with Gasteiger partial charge in [-0.15, -0.1) is 0 Å². The topological polar surface area (TPSA) is 36.1 Å². The van der Waals surface area contributed by atoms with Gasteiger partial charge in [0.15, 0.2) is 0 Å². The number of para-hydroxylation sites is 1. The van der Waals surface area contributed by atoms with E-state index in [2.05, 4.69) is 23.2 Å². The standard InChI is InChI=1S/C18H18N2O/c1-12-9-10-15-13(2)17(19-16(15)11-12)18(21)20(3)14-7-5-4-6-8-14/h4-11,19H,1-3H3. The van der Waals surface area contributed by atoms with E-state index < -0.39 is 0 Å². The van der Waals surface area contributed by atoms with Crippen LogP contribution in [-0.4, -0.2) is 17.9 Å². The molecule has 1 aromatic heterocycles. The number of hydrogen-bond donors (Lipinski definition) is 1. The van der Waals surface area contributed by atoms with E-state index in [1.807, 2.05) is 44.2 Å². The monoisotopic (exact) mass is 278 g/mol. The number of benzene rings is 2. The first-order chi connectivity index (χ1) is 10.1. The Bertz CT molecular complexity index is 803. The van der Waals surface area contributed by atoms with Crippen LogP contribution in [0.3, 0.4) is 0 Å². The number of aryl methyl sites for hydroxylation is 2. The number of nitrogens with zero attached hydrogens (tertiary/aromatic N) is 1. The molecule has 3 heteroatoms. The summed E-state index contributed by atoms with van der Waals surface area (Å²) in [5, 5.41) is 1.10. The van der Waals surface area contributed by atoms with Crippen LogP contribution in [0, 0.1) is 13.8 Å². The minimum Gasteiger partial charge on any atom is -0.350 e. The van der Waals surface area contributed by atoms with Crippen molar-refractivity contribution in [3.63, 3.8) is 0 Å². The first-order valence-electron chi connectivity index (χ1n) is 7.00. The summed E-state index contributed by atoms with van der Waals surface area (Å²) in [6, 6.07) is 15.9. The van der Waals surface area contributed by atoms with Crippen LogP contribution < -0.4 is 4.90 Å². The van der Waals surface area contributed by atoms with E-state index in [1.54, 1.807) is 11.9 Å². The van der Waals surface area contributed by atoms with Gasteiger partial charge in [0.2, 0.25) is 0 Å². The first kappa shape index (κ1) is 13.4. The second kappa shape index (κ2) is 5.09. The fraction of sp³-hybridized carbons (Fsp3) is 0.167. The highest BCUT2D eigenvalue weighted by Crippen LogP contribution is 2.24. The molecule has 0 saturated heterocycles. The van der Waals surface area contributed by atoms with Crippen molar-refractivity contribution in [2.75, 3.05) is 11.9 Å². The number of rotatable bonds is 2. The van der Waals surface area contributed by atoms with Gasteiger partial charge in [-0.1, -0.05) is 30.3 Å². The van der Waals surface area contributed by atoms with Crippen LogP contribution in [0.4, 0.5) is 5.69 Å². The Morgan fingerprint density at radius 1 is 1.05 bits per heavy atom. The van der Waals surface area contributed by atoms with Crippen molar-refractivity contribution < 1.29 is 4.79 Å². The molecule has 0 spiro atoms. The van der Waals surface area contributed by atoms with Gasteiger partial charge in [-0.25, -0.2) is 0 Å². The van der Waals surface area contributed by atoms with Gasteiger partial charge in [0.1, 0.15) is 5.69 Å². The molecule has 21 heavy (non-hydrogen) atoms. The summed E-state index contributed by atoms with van der Waals surface area (Å²) in [6.45, 7) is 4.04. The molecular weight excluding hydrogens is 260 g/mol. The van der Waals surface area contributed by atoms with Crippen molar-refractivity contribution in [1.29, 1.82) is 0 Å². The van der Waals surface area contributed by atoms with Crippen molar-refractivity contribution in [1.82, 2.24) is 4.98 Å². The van der Waals surface area contributed by atoms with E-state index in [9.17, 15) is 4.79 Å². The van der Waals surface area contributed by atoms with Crippen LogP contribution in [0.25, 0.3) is 10.9 Å². The second-order valence-electron chi connectivity index (χ2n) is 5.37. The van der Waals surface area contributed by atoms with Crippen molar-refractivity contribution >= 4 is 22.5 Å². The summed E-state index contributed by atoms with van der Waals surface area (Å²) in [4.78, 5) is 17.7. The SMILES string of the molecule is Cc1ccc2c(C)c(C(=O)N(C)c3ccccc3)[nH]c2c1. The van der Waals surface area contributed by atoms with Crippen LogP contribution in [-0.2, 0) is 0 Å². The van der Waals surface area contributed by atoms with Gasteiger partial charge in [-0.2, -0.15) is 0 Å². The molecule has 1 heterocycles. The smallest absolute Gasteiger partial charge is 0.274 e. The Morgan fingerprint density at radius 3 is 2.48 bits per heavy atom. The fourth-order valence-electron chi connectivity index (χ4n) is 2.60. The Balaban J connectivity index is 2.04. The van der Waals surface area contributed by atoms with Gasteiger partial charge < -0.3 is 9.88 Å². The Kier molecular flexibility index (Phi) is 3.26. The van der Waals surface area contributed by atoms with E-state index in [0.29, 0.717) is 5.69 Å². The lowest BCUT2D eigenvalue weighted by Gasteiger charge is -2.16. The van der Waals surface area contributed by atoms with Gasteiger partial charge in [0, 0.05) is 23.6 Å². The molecule has 0 bridgehead atoms. The van der Waals surface area contributed by atoms with Gasteiger partial charge >= 0.3 is 0 Å². The summed E-state index contributed by atoms with van der Waals surface area (Å²) >= 11 is 0. The Hall–Kier alpha value is -2.55. The summed E-state index contributed by atoms with van der Waals surface area (Å²) in [6.07, 6.45) is 0. The third-order valence-electron chi connectivity index (χ3n) is 3.88. The van der Waals surface area contributed by atoms with Crippen molar-refractivity contribution in [3.8, 4) is 0 Å². The minimum atomic E-state index is -0.0208. The number of amides is 1. The summed E-state index contributed by atoms with van der Waals surface area (Å²) in [5.41, 5.74) is 4.73. The van der Waals surface area contributed by atoms with E-state index in [4.69, 9.17) is 0 Å². The van der Waals surface area contributed by atoms with E-state index in [1.165, 1.54) is 5.56 Å². The molecule has 0 unspecified atom stereocenters. The quantitative estimate of drug-likeness (QED) is 0.754. The molecular formula is C18H18N2O. The van der Waals surface area contributed by atoms with Crippen LogP contribution in [0.5, 0.6) is 0 Å². The average molecular weight is 278 g/mol. The molecule has 0 fully saturated rings. The molecule has 0 atom stereocenters. The average Bonchev–Trinajstić information content (AvgIpc) is 2.83. The lowest BCUT2D eigenvalue weighted by Crippen LogP contribution is -2.27. The molecule has 1 N–H and O–H groups in total. The third-order valence-corrected chi connectivity index (χ3v) is 3.88. The lowest BCUT2D eigenvalue weighted by atomic mass is 10.1. The molecule has 3 aromatic rings. The predicted molar refractivity (Wildman–Crippen MR) is 86.9 cm³/mol. The zero-order valence-corrected chi connectivity index (χ0v) is 12.5. The molecule has 3 rings (SSSR count). The molecule has 0 aliphatic rings. The van der Waals surface area contributed by atoms with E-state index in [-0.39, 0.29) is 5.91 Å². The molecule has 0 aliphatic heterocycles. The molecule has 1 amide bonds. The molecule has 0 aliphatic carbocycles. The maximum Gasteiger partial charge on any atom is 0.274 e. The number of nitrogens with one attached hydrogen (secondary N) is 1. The number of aromatic amines is 1. The van der Waals surface area contributed by atoms with Crippen molar-refractivity contribution in [2.45, 2.75) is 13.8 Å². The maximum absolute atomic E-state index is 12.7. The molecule has 2 aromatic carbocycles. The predicted octanol–water partition coefficient (Wildman–Crippen LogP) is 4.06. The number of hydrogen-bond acceptors (Lipinski definition) is 1. The summed E-state index contributed by atoms with van der Waals surface area (Å²) in [7, 11) is 1.80. The number of carbonyl (C=O) groups is 1. The van der Waals surface area contributed by atoms with Gasteiger partial charge in [-0.3, -0.25) is 4.79 Å². The van der Waals surface area contributed by atoms with Crippen LogP contribution >= 0.6 is 0 Å². The van der Waals surface area contributed by atoms with E-state index in [0.717, 1.165) is 22.2 Å². The number of carbonyl (C=O) groups excluding carboxylic acids is 1. The van der Waals surface area contributed by atoms with Crippen molar-refractivity contribution in [2.24, 2.45) is 0 Å². The fourth-order valence-corrected chi connectivity index (χ4v) is 2.60. The zero-order valence-electron chi connectivity index (χ0n) is 12.5. The highest BCUT2D eigenvalue weighted by molar-refractivity contribution is 6.09. The highest BCUT2D eigenvalue weighted by Gasteiger charge is 2.19. The van der Waals surface area contributed by atoms with Gasteiger partial charge in [-0.05, 0) is 43.2 Å². The second-order valence-corrected chi connectivity index (χ2v) is 5.37. The normalized spacial score (nSPS) is 10.8. The first-order valence-corrected chi connectivity index (χ1v) is 7.00. The Morgan fingerprint density at radius 2 is 1.76 bits per heavy atom. The van der Waals surface area contributed by atoms with Gasteiger partial charge in [0.05, 0.1) is 0 Å². The highest BCUT2D eigenvalue weighted by atomic mass is 16.2. The van der Waals surface area contributed by atoms with Gasteiger partial charge in [0.25, 0.3) is 5.91 Å². The van der Waals surface area contributed by atoms with Crippen LogP contribution in [0.2, 0.25) is 0 Å². The molecule has 3 nitrogen and oxygen atoms in total. The van der Waals surface area contributed by atoms with Crippen molar-refractivity contribution in [3.05, 3.63) is 65.4 Å². The van der Waals surface area contributed by atoms with Crippen LogP contribution in [0.1, 0.15) is 21.6 Å².